The second-order valence-electron chi connectivity index (χ2n) is 4.46. The van der Waals surface area contributed by atoms with Gasteiger partial charge in [-0.1, -0.05) is 48.6 Å². The first kappa shape index (κ1) is 12.8. The van der Waals surface area contributed by atoms with Crippen LogP contribution in [0.15, 0.2) is 48.5 Å². The van der Waals surface area contributed by atoms with Gasteiger partial charge in [-0.05, 0) is 30.2 Å². The molecule has 0 atom stereocenters. The van der Waals surface area contributed by atoms with Crippen molar-refractivity contribution < 1.29 is 4.79 Å². The van der Waals surface area contributed by atoms with Gasteiger partial charge in [0.15, 0.2) is 5.13 Å². The smallest absolute Gasteiger partial charge is 0.257 e. The fraction of sp³-hybridized carbons (Fsp3) is 0.125. The van der Waals surface area contributed by atoms with E-state index >= 15 is 0 Å². The Morgan fingerprint density at radius 2 is 1.95 bits per heavy atom. The van der Waals surface area contributed by atoms with Crippen LogP contribution in [-0.4, -0.2) is 10.9 Å². The Bertz CT molecular complexity index is 750. The van der Waals surface area contributed by atoms with Crippen molar-refractivity contribution in [1.82, 2.24) is 4.98 Å². The van der Waals surface area contributed by atoms with Crippen LogP contribution >= 0.6 is 11.3 Å². The summed E-state index contributed by atoms with van der Waals surface area (Å²) >= 11 is 1.51. The van der Waals surface area contributed by atoms with Crippen LogP contribution < -0.4 is 5.32 Å². The number of thiazole rings is 1. The molecule has 0 aliphatic rings. The fourth-order valence-electron chi connectivity index (χ4n) is 2.10. The molecule has 0 aliphatic carbocycles. The molecule has 0 unspecified atom stereocenters. The molecule has 0 radical (unpaired) electrons. The number of carbonyl (C=O) groups is 1. The van der Waals surface area contributed by atoms with Gasteiger partial charge in [0.1, 0.15) is 0 Å². The van der Waals surface area contributed by atoms with Crippen molar-refractivity contribution in [1.29, 1.82) is 0 Å². The van der Waals surface area contributed by atoms with E-state index in [0.717, 1.165) is 16.6 Å². The van der Waals surface area contributed by atoms with Crippen molar-refractivity contribution in [2.75, 3.05) is 5.32 Å². The predicted molar refractivity (Wildman–Crippen MR) is 83.4 cm³/mol. The summed E-state index contributed by atoms with van der Waals surface area (Å²) in [5.41, 5.74) is 2.84. The molecular formula is C16H14N2OS. The number of fused-ring (bicyclic) bond motifs is 1. The third-order valence-corrected chi connectivity index (χ3v) is 4.08. The van der Waals surface area contributed by atoms with Gasteiger partial charge >= 0.3 is 0 Å². The summed E-state index contributed by atoms with van der Waals surface area (Å²) in [7, 11) is 0. The number of nitrogens with zero attached hydrogens (tertiary/aromatic N) is 1. The van der Waals surface area contributed by atoms with Gasteiger partial charge in [-0.15, -0.1) is 0 Å². The maximum atomic E-state index is 12.1. The molecule has 0 bridgehead atoms. The van der Waals surface area contributed by atoms with Crippen LogP contribution in [0.3, 0.4) is 0 Å². The summed E-state index contributed by atoms with van der Waals surface area (Å²) in [5.74, 6) is -0.122. The lowest BCUT2D eigenvalue weighted by Crippen LogP contribution is -2.11. The third-order valence-electron chi connectivity index (χ3n) is 3.14. The van der Waals surface area contributed by atoms with Crippen LogP contribution in [0.5, 0.6) is 0 Å². The average Bonchev–Trinajstić information content (AvgIpc) is 2.90. The Kier molecular flexibility index (Phi) is 3.48. The van der Waals surface area contributed by atoms with Gasteiger partial charge in [0, 0.05) is 5.56 Å². The molecule has 0 saturated heterocycles. The summed E-state index contributed by atoms with van der Waals surface area (Å²) in [6.07, 6.45) is 0.938. The Morgan fingerprint density at radius 1 is 1.15 bits per heavy atom. The quantitative estimate of drug-likeness (QED) is 0.785. The molecule has 0 aliphatic heterocycles. The van der Waals surface area contributed by atoms with Gasteiger partial charge in [0.05, 0.1) is 10.2 Å². The number of carbonyl (C=O) groups excluding carboxylic acids is 1. The van der Waals surface area contributed by atoms with Crippen molar-refractivity contribution in [3.05, 3.63) is 59.7 Å². The lowest BCUT2D eigenvalue weighted by molar-refractivity contribution is 0.102. The highest BCUT2D eigenvalue weighted by Gasteiger charge is 2.10. The van der Waals surface area contributed by atoms with E-state index in [1.165, 1.54) is 16.9 Å². The fourth-order valence-corrected chi connectivity index (χ4v) is 3.01. The van der Waals surface area contributed by atoms with Crippen LogP contribution in [0.4, 0.5) is 5.13 Å². The number of aryl methyl sites for hydroxylation is 1. The molecule has 0 spiro atoms. The first-order valence-electron chi connectivity index (χ1n) is 6.52. The summed E-state index contributed by atoms with van der Waals surface area (Å²) in [6, 6.07) is 15.3. The minimum atomic E-state index is -0.122. The number of rotatable bonds is 3. The van der Waals surface area contributed by atoms with Crippen molar-refractivity contribution >= 4 is 32.6 Å². The Labute approximate surface area is 121 Å². The van der Waals surface area contributed by atoms with E-state index in [2.05, 4.69) is 23.3 Å². The zero-order valence-electron chi connectivity index (χ0n) is 11.1. The maximum Gasteiger partial charge on any atom is 0.257 e. The van der Waals surface area contributed by atoms with Crippen molar-refractivity contribution in [2.24, 2.45) is 0 Å². The van der Waals surface area contributed by atoms with E-state index in [9.17, 15) is 4.79 Å². The first-order chi connectivity index (χ1) is 9.78. The van der Waals surface area contributed by atoms with E-state index in [1.54, 1.807) is 12.1 Å². The second kappa shape index (κ2) is 5.43. The van der Waals surface area contributed by atoms with Gasteiger partial charge in [-0.25, -0.2) is 4.98 Å². The van der Waals surface area contributed by atoms with E-state index in [0.29, 0.717) is 10.7 Å². The predicted octanol–water partition coefficient (Wildman–Crippen LogP) is 4.11. The van der Waals surface area contributed by atoms with Gasteiger partial charge in [0.25, 0.3) is 5.91 Å². The van der Waals surface area contributed by atoms with E-state index in [4.69, 9.17) is 0 Å². The minimum Gasteiger partial charge on any atom is -0.298 e. The summed E-state index contributed by atoms with van der Waals surface area (Å²) < 4.78 is 1.10. The lowest BCUT2D eigenvalue weighted by Gasteiger charge is -2.00. The number of hydrogen-bond donors (Lipinski definition) is 1. The maximum absolute atomic E-state index is 12.1. The minimum absolute atomic E-state index is 0.122. The van der Waals surface area contributed by atoms with Gasteiger partial charge in [0.2, 0.25) is 0 Å². The SMILES string of the molecule is CCc1cccc2sc(NC(=O)c3ccccc3)nc12. The standard InChI is InChI=1S/C16H14N2OS/c1-2-11-9-6-10-13-14(11)17-16(20-13)18-15(19)12-7-4-3-5-8-12/h3-10H,2H2,1H3,(H,17,18,19). The molecule has 100 valence electrons. The van der Waals surface area contributed by atoms with Crippen LogP contribution in [0, 0.1) is 0 Å². The zero-order valence-corrected chi connectivity index (χ0v) is 11.9. The molecule has 1 heterocycles. The van der Waals surface area contributed by atoms with Crippen molar-refractivity contribution in [2.45, 2.75) is 13.3 Å². The number of anilines is 1. The third kappa shape index (κ3) is 2.42. The van der Waals surface area contributed by atoms with E-state index in [-0.39, 0.29) is 5.91 Å². The van der Waals surface area contributed by atoms with Crippen LogP contribution in [0.1, 0.15) is 22.8 Å². The van der Waals surface area contributed by atoms with Gasteiger partial charge < -0.3 is 0 Å². The molecule has 1 aromatic heterocycles. The average molecular weight is 282 g/mol. The second-order valence-corrected chi connectivity index (χ2v) is 5.49. The number of benzene rings is 2. The molecule has 0 saturated carbocycles. The Balaban J connectivity index is 1.90. The van der Waals surface area contributed by atoms with Crippen LogP contribution in [-0.2, 0) is 6.42 Å². The molecular weight excluding hydrogens is 268 g/mol. The van der Waals surface area contributed by atoms with E-state index < -0.39 is 0 Å². The Hall–Kier alpha value is -2.20. The van der Waals surface area contributed by atoms with Crippen molar-refractivity contribution in [3.63, 3.8) is 0 Å². The molecule has 3 aromatic rings. The number of nitrogens with one attached hydrogen (secondary N) is 1. The summed E-state index contributed by atoms with van der Waals surface area (Å²) in [6.45, 7) is 2.11. The molecule has 1 N–H and O–H groups in total. The highest BCUT2D eigenvalue weighted by atomic mass is 32.1. The zero-order chi connectivity index (χ0) is 13.9. The van der Waals surface area contributed by atoms with Gasteiger partial charge in [-0.3, -0.25) is 10.1 Å². The molecule has 2 aromatic carbocycles. The molecule has 1 amide bonds. The van der Waals surface area contributed by atoms with Crippen LogP contribution in [0.25, 0.3) is 10.2 Å². The lowest BCUT2D eigenvalue weighted by atomic mass is 10.1. The summed E-state index contributed by atoms with van der Waals surface area (Å²) in [5, 5.41) is 3.52. The monoisotopic (exact) mass is 282 g/mol. The molecule has 3 nitrogen and oxygen atoms in total. The molecule has 20 heavy (non-hydrogen) atoms. The number of para-hydroxylation sites is 1. The summed E-state index contributed by atoms with van der Waals surface area (Å²) in [4.78, 5) is 16.6. The first-order valence-corrected chi connectivity index (χ1v) is 7.34. The highest BCUT2D eigenvalue weighted by molar-refractivity contribution is 7.22. The number of amides is 1. The molecule has 0 fully saturated rings. The highest BCUT2D eigenvalue weighted by Crippen LogP contribution is 2.28. The molecule has 4 heteroatoms. The van der Waals surface area contributed by atoms with Gasteiger partial charge in [-0.2, -0.15) is 0 Å². The largest absolute Gasteiger partial charge is 0.298 e. The van der Waals surface area contributed by atoms with E-state index in [1.807, 2.05) is 30.3 Å². The normalized spacial score (nSPS) is 10.7. The number of hydrogen-bond acceptors (Lipinski definition) is 3. The van der Waals surface area contributed by atoms with Crippen LogP contribution in [0.2, 0.25) is 0 Å². The Morgan fingerprint density at radius 3 is 2.70 bits per heavy atom. The topological polar surface area (TPSA) is 42.0 Å². The van der Waals surface area contributed by atoms with Crippen molar-refractivity contribution in [3.8, 4) is 0 Å². The number of aromatic nitrogens is 1. The molecule has 3 rings (SSSR count).